The van der Waals surface area contributed by atoms with Crippen LogP contribution >= 0.6 is 0 Å². The van der Waals surface area contributed by atoms with E-state index in [-0.39, 0.29) is 11.6 Å². The standard InChI is InChI=1S/C12H24N4O2S/c1-5-12(6-2,7-3)16-19(17,18)11-10(8-13)9(4)14-15-11/h16H,5-8,13H2,1-4H3,(H,14,15). The van der Waals surface area contributed by atoms with Gasteiger partial charge in [-0.05, 0) is 26.2 Å². The van der Waals surface area contributed by atoms with E-state index in [0.29, 0.717) is 11.3 Å². The van der Waals surface area contributed by atoms with Crippen molar-refractivity contribution in [3.63, 3.8) is 0 Å². The number of nitrogens with one attached hydrogen (secondary N) is 2. The summed E-state index contributed by atoms with van der Waals surface area (Å²) in [4.78, 5) is 0. The zero-order valence-electron chi connectivity index (χ0n) is 12.1. The van der Waals surface area contributed by atoms with Crippen LogP contribution in [0.4, 0.5) is 0 Å². The van der Waals surface area contributed by atoms with E-state index < -0.39 is 15.6 Å². The van der Waals surface area contributed by atoms with Crippen molar-refractivity contribution in [3.8, 4) is 0 Å². The number of rotatable bonds is 7. The van der Waals surface area contributed by atoms with Gasteiger partial charge in [-0.25, -0.2) is 13.1 Å². The zero-order chi connectivity index (χ0) is 14.7. The van der Waals surface area contributed by atoms with E-state index >= 15 is 0 Å². The van der Waals surface area contributed by atoms with Gasteiger partial charge in [0.1, 0.15) is 0 Å². The lowest BCUT2D eigenvalue weighted by atomic mass is 9.91. The van der Waals surface area contributed by atoms with Crippen LogP contribution in [0.25, 0.3) is 0 Å². The molecule has 0 amide bonds. The molecule has 0 aliphatic heterocycles. The van der Waals surface area contributed by atoms with Crippen molar-refractivity contribution < 1.29 is 8.42 Å². The summed E-state index contributed by atoms with van der Waals surface area (Å²) >= 11 is 0. The van der Waals surface area contributed by atoms with Crippen LogP contribution in [-0.4, -0.2) is 24.2 Å². The lowest BCUT2D eigenvalue weighted by molar-refractivity contribution is 0.341. The van der Waals surface area contributed by atoms with Crippen LogP contribution in [0.1, 0.15) is 51.3 Å². The SMILES string of the molecule is CCC(CC)(CC)NS(=O)(=O)c1n[nH]c(C)c1CN. The van der Waals surface area contributed by atoms with Gasteiger partial charge in [0.15, 0.2) is 5.03 Å². The molecule has 1 rings (SSSR count). The quantitative estimate of drug-likeness (QED) is 0.706. The second-order valence-corrected chi connectivity index (χ2v) is 6.38. The highest BCUT2D eigenvalue weighted by atomic mass is 32.2. The van der Waals surface area contributed by atoms with Gasteiger partial charge < -0.3 is 5.73 Å². The molecule has 110 valence electrons. The van der Waals surface area contributed by atoms with Crippen LogP contribution in [0.15, 0.2) is 5.03 Å². The van der Waals surface area contributed by atoms with E-state index in [0.717, 1.165) is 19.3 Å². The third-order valence-corrected chi connectivity index (χ3v) is 5.42. The van der Waals surface area contributed by atoms with E-state index in [1.54, 1.807) is 6.92 Å². The number of hydrogen-bond donors (Lipinski definition) is 3. The first-order chi connectivity index (χ1) is 8.85. The fourth-order valence-electron chi connectivity index (χ4n) is 2.19. The number of sulfonamides is 1. The molecule has 0 saturated carbocycles. The van der Waals surface area contributed by atoms with Crippen molar-refractivity contribution in [2.75, 3.05) is 0 Å². The third kappa shape index (κ3) is 3.16. The zero-order valence-corrected chi connectivity index (χ0v) is 12.9. The Bertz CT molecular complexity index is 510. The Morgan fingerprint density at radius 2 is 1.79 bits per heavy atom. The minimum absolute atomic E-state index is 0.0206. The fourth-order valence-corrected chi connectivity index (χ4v) is 4.02. The number of H-pyrrole nitrogens is 1. The van der Waals surface area contributed by atoms with E-state index in [9.17, 15) is 8.42 Å². The third-order valence-electron chi connectivity index (χ3n) is 3.88. The molecule has 19 heavy (non-hydrogen) atoms. The van der Waals surface area contributed by atoms with E-state index in [4.69, 9.17) is 5.73 Å². The lowest BCUT2D eigenvalue weighted by Gasteiger charge is -2.31. The average molecular weight is 288 g/mol. The molecule has 6 nitrogen and oxygen atoms in total. The molecule has 0 spiro atoms. The van der Waals surface area contributed by atoms with Crippen molar-refractivity contribution in [1.82, 2.24) is 14.9 Å². The Hall–Kier alpha value is -0.920. The van der Waals surface area contributed by atoms with Gasteiger partial charge in [0, 0.05) is 23.3 Å². The molecule has 0 aliphatic rings. The summed E-state index contributed by atoms with van der Waals surface area (Å²) in [7, 11) is -3.65. The minimum atomic E-state index is -3.65. The van der Waals surface area contributed by atoms with Crippen LogP contribution in [0.3, 0.4) is 0 Å². The molecular formula is C12H24N4O2S. The van der Waals surface area contributed by atoms with Crippen molar-refractivity contribution in [2.24, 2.45) is 5.73 Å². The summed E-state index contributed by atoms with van der Waals surface area (Å²) in [5.74, 6) is 0. The molecule has 0 bridgehead atoms. The molecule has 0 radical (unpaired) electrons. The number of nitrogens with zero attached hydrogens (tertiary/aromatic N) is 1. The molecule has 7 heteroatoms. The number of aromatic amines is 1. The van der Waals surface area contributed by atoms with Crippen molar-refractivity contribution >= 4 is 10.0 Å². The van der Waals surface area contributed by atoms with E-state index in [1.165, 1.54) is 0 Å². The normalized spacial score (nSPS) is 12.9. The van der Waals surface area contributed by atoms with Gasteiger partial charge >= 0.3 is 0 Å². The maximum absolute atomic E-state index is 12.5. The van der Waals surface area contributed by atoms with Gasteiger partial charge in [-0.15, -0.1) is 0 Å². The predicted molar refractivity (Wildman–Crippen MR) is 75.1 cm³/mol. The summed E-state index contributed by atoms with van der Waals surface area (Å²) in [6, 6.07) is 0. The molecule has 0 aliphatic carbocycles. The Balaban J connectivity index is 3.17. The summed E-state index contributed by atoms with van der Waals surface area (Å²) in [6.07, 6.45) is 2.21. The lowest BCUT2D eigenvalue weighted by Crippen LogP contribution is -2.47. The van der Waals surface area contributed by atoms with Gasteiger partial charge in [0.25, 0.3) is 10.0 Å². The first kappa shape index (κ1) is 16.1. The van der Waals surface area contributed by atoms with Crippen LogP contribution in [-0.2, 0) is 16.6 Å². The predicted octanol–water partition coefficient (Wildman–Crippen LogP) is 1.42. The first-order valence-electron chi connectivity index (χ1n) is 6.63. The van der Waals surface area contributed by atoms with Crippen molar-refractivity contribution in [2.45, 2.75) is 64.1 Å². The molecule has 0 aromatic carbocycles. The summed E-state index contributed by atoms with van der Waals surface area (Å²) in [6.45, 7) is 7.86. The Morgan fingerprint density at radius 1 is 1.26 bits per heavy atom. The van der Waals surface area contributed by atoms with Gasteiger partial charge in [0.2, 0.25) is 0 Å². The van der Waals surface area contributed by atoms with Crippen LogP contribution in [0, 0.1) is 6.92 Å². The highest BCUT2D eigenvalue weighted by Gasteiger charge is 2.33. The topological polar surface area (TPSA) is 101 Å². The Labute approximate surface area is 115 Å². The van der Waals surface area contributed by atoms with Crippen LogP contribution in [0.5, 0.6) is 0 Å². The maximum atomic E-state index is 12.5. The molecule has 0 saturated heterocycles. The van der Waals surface area contributed by atoms with E-state index in [2.05, 4.69) is 14.9 Å². The Kier molecular flexibility index (Phi) is 5.11. The first-order valence-corrected chi connectivity index (χ1v) is 8.12. The molecular weight excluding hydrogens is 264 g/mol. The smallest absolute Gasteiger partial charge is 0.260 e. The molecule has 1 heterocycles. The van der Waals surface area contributed by atoms with Crippen molar-refractivity contribution in [3.05, 3.63) is 11.3 Å². The number of aryl methyl sites for hydroxylation is 1. The minimum Gasteiger partial charge on any atom is -0.326 e. The highest BCUT2D eigenvalue weighted by Crippen LogP contribution is 2.24. The number of hydrogen-bond acceptors (Lipinski definition) is 4. The molecule has 1 aromatic heterocycles. The molecule has 4 N–H and O–H groups in total. The van der Waals surface area contributed by atoms with Gasteiger partial charge in [-0.3, -0.25) is 5.10 Å². The second-order valence-electron chi connectivity index (χ2n) is 4.78. The van der Waals surface area contributed by atoms with Gasteiger partial charge in [-0.2, -0.15) is 5.10 Å². The molecule has 1 aromatic rings. The monoisotopic (exact) mass is 288 g/mol. The molecule has 0 atom stereocenters. The maximum Gasteiger partial charge on any atom is 0.260 e. The number of nitrogens with two attached hydrogens (primary N) is 1. The summed E-state index contributed by atoms with van der Waals surface area (Å²) < 4.78 is 27.7. The van der Waals surface area contributed by atoms with Crippen LogP contribution < -0.4 is 10.5 Å². The van der Waals surface area contributed by atoms with Crippen LogP contribution in [0.2, 0.25) is 0 Å². The Morgan fingerprint density at radius 3 is 2.21 bits per heavy atom. The summed E-state index contributed by atoms with van der Waals surface area (Å²) in [5, 5.41) is 6.60. The highest BCUT2D eigenvalue weighted by molar-refractivity contribution is 7.89. The van der Waals surface area contributed by atoms with Gasteiger partial charge in [0.05, 0.1) is 0 Å². The largest absolute Gasteiger partial charge is 0.326 e. The molecule has 0 unspecified atom stereocenters. The molecule has 0 fully saturated rings. The average Bonchev–Trinajstić information content (AvgIpc) is 2.78. The fraction of sp³-hybridized carbons (Fsp3) is 0.750. The van der Waals surface area contributed by atoms with E-state index in [1.807, 2.05) is 20.8 Å². The van der Waals surface area contributed by atoms with Gasteiger partial charge in [-0.1, -0.05) is 20.8 Å². The second kappa shape index (κ2) is 6.02. The number of aromatic nitrogens is 2. The van der Waals surface area contributed by atoms with Crippen molar-refractivity contribution in [1.29, 1.82) is 0 Å². The summed E-state index contributed by atoms with van der Waals surface area (Å²) in [5.41, 5.74) is 6.42.